The van der Waals surface area contributed by atoms with E-state index in [1.807, 2.05) is 19.1 Å². The predicted octanol–water partition coefficient (Wildman–Crippen LogP) is 6.06. The number of benzene rings is 2. The van der Waals surface area contributed by atoms with E-state index in [0.29, 0.717) is 5.69 Å². The molecule has 0 fully saturated rings. The second-order valence-corrected chi connectivity index (χ2v) is 7.81. The van der Waals surface area contributed by atoms with E-state index in [1.54, 1.807) is 6.07 Å². The summed E-state index contributed by atoms with van der Waals surface area (Å²) in [6.07, 6.45) is 4.81. The number of aryl methyl sites for hydroxylation is 2. The van der Waals surface area contributed by atoms with Crippen molar-refractivity contribution < 1.29 is 9.59 Å². The Hall–Kier alpha value is -2.96. The number of halogens is 2. The zero-order valence-corrected chi connectivity index (χ0v) is 18.7. The predicted molar refractivity (Wildman–Crippen MR) is 124 cm³/mol. The van der Waals surface area contributed by atoms with Gasteiger partial charge in [0, 0.05) is 5.56 Å². The van der Waals surface area contributed by atoms with Gasteiger partial charge in [-0.2, -0.15) is 0 Å². The van der Waals surface area contributed by atoms with Crippen molar-refractivity contribution in [3.63, 3.8) is 0 Å². The van der Waals surface area contributed by atoms with Crippen LogP contribution < -0.4 is 10.6 Å². The molecule has 0 bridgehead atoms. The maximum atomic E-state index is 12.3. The molecule has 0 spiro atoms. The molecule has 6 nitrogen and oxygen atoms in total. The van der Waals surface area contributed by atoms with Crippen LogP contribution in [0.4, 0.5) is 10.6 Å². The SMILES string of the molecule is CCCCc1ccc(-c2ncc(NC(=O)NC(=O)c3c(Cl)cccc3Cl)nc2C)cc1. The van der Waals surface area contributed by atoms with Gasteiger partial charge in [0.2, 0.25) is 0 Å². The zero-order valence-electron chi connectivity index (χ0n) is 17.2. The van der Waals surface area contributed by atoms with Crippen LogP contribution in [0.5, 0.6) is 0 Å². The molecule has 0 saturated carbocycles. The van der Waals surface area contributed by atoms with Crippen LogP contribution in [-0.2, 0) is 6.42 Å². The number of carbonyl (C=O) groups is 2. The fraction of sp³-hybridized carbons (Fsp3) is 0.217. The summed E-state index contributed by atoms with van der Waals surface area (Å²) < 4.78 is 0. The van der Waals surface area contributed by atoms with Crippen LogP contribution in [-0.4, -0.2) is 21.9 Å². The van der Waals surface area contributed by atoms with Crippen LogP contribution in [0.15, 0.2) is 48.7 Å². The highest BCUT2D eigenvalue weighted by Gasteiger charge is 2.17. The van der Waals surface area contributed by atoms with Gasteiger partial charge in [-0.1, -0.05) is 66.9 Å². The number of unbranched alkanes of at least 4 members (excludes halogenated alkanes) is 1. The summed E-state index contributed by atoms with van der Waals surface area (Å²) in [5.74, 6) is -0.492. The monoisotopic (exact) mass is 456 g/mol. The molecule has 160 valence electrons. The topological polar surface area (TPSA) is 84.0 Å². The van der Waals surface area contributed by atoms with E-state index in [1.165, 1.54) is 23.9 Å². The lowest BCUT2D eigenvalue weighted by Crippen LogP contribution is -2.35. The molecule has 31 heavy (non-hydrogen) atoms. The van der Waals surface area contributed by atoms with Crippen molar-refractivity contribution in [1.29, 1.82) is 0 Å². The third kappa shape index (κ3) is 5.81. The quantitative estimate of drug-likeness (QED) is 0.471. The Morgan fingerprint density at radius 2 is 1.71 bits per heavy atom. The molecule has 3 rings (SSSR count). The maximum absolute atomic E-state index is 12.3. The fourth-order valence-electron chi connectivity index (χ4n) is 3.06. The van der Waals surface area contributed by atoms with Gasteiger partial charge in [0.15, 0.2) is 5.82 Å². The number of nitrogens with zero attached hydrogens (tertiary/aromatic N) is 2. The number of urea groups is 1. The van der Waals surface area contributed by atoms with Gasteiger partial charge in [0.1, 0.15) is 0 Å². The first-order chi connectivity index (χ1) is 14.9. The summed E-state index contributed by atoms with van der Waals surface area (Å²) in [4.78, 5) is 33.3. The van der Waals surface area contributed by atoms with Gasteiger partial charge in [-0.15, -0.1) is 0 Å². The van der Waals surface area contributed by atoms with Crippen LogP contribution in [0.3, 0.4) is 0 Å². The highest BCUT2D eigenvalue weighted by Crippen LogP contribution is 2.24. The first-order valence-electron chi connectivity index (χ1n) is 9.88. The minimum Gasteiger partial charge on any atom is -0.291 e. The maximum Gasteiger partial charge on any atom is 0.327 e. The van der Waals surface area contributed by atoms with E-state index >= 15 is 0 Å². The van der Waals surface area contributed by atoms with Crippen LogP contribution >= 0.6 is 23.2 Å². The largest absolute Gasteiger partial charge is 0.327 e. The molecule has 2 N–H and O–H groups in total. The van der Waals surface area contributed by atoms with Gasteiger partial charge >= 0.3 is 6.03 Å². The summed E-state index contributed by atoms with van der Waals surface area (Å²) in [6.45, 7) is 3.98. The molecule has 1 aromatic heterocycles. The summed E-state index contributed by atoms with van der Waals surface area (Å²) in [5.41, 5.74) is 3.65. The van der Waals surface area contributed by atoms with Crippen LogP contribution in [0.2, 0.25) is 10.0 Å². The number of nitrogens with one attached hydrogen (secondary N) is 2. The molecule has 0 atom stereocenters. The van der Waals surface area contributed by atoms with Crippen molar-refractivity contribution in [2.75, 3.05) is 5.32 Å². The van der Waals surface area contributed by atoms with Gasteiger partial charge in [0.25, 0.3) is 5.91 Å². The number of hydrogen-bond donors (Lipinski definition) is 2. The molecule has 0 radical (unpaired) electrons. The van der Waals surface area contributed by atoms with Crippen LogP contribution in [0, 0.1) is 6.92 Å². The second kappa shape index (κ2) is 10.4. The number of anilines is 1. The van der Waals surface area contributed by atoms with Crippen molar-refractivity contribution in [3.05, 3.63) is 75.5 Å². The molecule has 0 saturated heterocycles. The zero-order chi connectivity index (χ0) is 22.4. The lowest BCUT2D eigenvalue weighted by molar-refractivity contribution is 0.0967. The molecule has 0 unspecified atom stereocenters. The highest BCUT2D eigenvalue weighted by atomic mass is 35.5. The average Bonchev–Trinajstić information content (AvgIpc) is 2.72. The second-order valence-electron chi connectivity index (χ2n) is 6.99. The first-order valence-corrected chi connectivity index (χ1v) is 10.6. The molecule has 0 aliphatic heterocycles. The summed E-state index contributed by atoms with van der Waals surface area (Å²) >= 11 is 12.0. The van der Waals surface area contributed by atoms with Crippen LogP contribution in [0.1, 0.15) is 41.4 Å². The molecular formula is C23H22Cl2N4O2. The minimum atomic E-state index is -0.761. The number of amides is 3. The Balaban J connectivity index is 1.67. The number of aromatic nitrogens is 2. The summed E-state index contributed by atoms with van der Waals surface area (Å²) in [6, 6.07) is 12.1. The minimum absolute atomic E-state index is 0.0287. The van der Waals surface area contributed by atoms with E-state index in [9.17, 15) is 9.59 Å². The van der Waals surface area contributed by atoms with Crippen molar-refractivity contribution in [1.82, 2.24) is 15.3 Å². The Labute approximate surface area is 191 Å². The Bertz CT molecular complexity index is 1080. The van der Waals surface area contributed by atoms with Crippen molar-refractivity contribution in [2.24, 2.45) is 0 Å². The normalized spacial score (nSPS) is 10.6. The summed E-state index contributed by atoms with van der Waals surface area (Å²) in [7, 11) is 0. The fourth-order valence-corrected chi connectivity index (χ4v) is 3.63. The van der Waals surface area contributed by atoms with Crippen molar-refractivity contribution in [2.45, 2.75) is 33.1 Å². The smallest absolute Gasteiger partial charge is 0.291 e. The molecule has 1 heterocycles. The molecule has 2 aromatic carbocycles. The van der Waals surface area contributed by atoms with Crippen molar-refractivity contribution >= 4 is 41.0 Å². The third-order valence-electron chi connectivity index (χ3n) is 4.65. The third-order valence-corrected chi connectivity index (χ3v) is 5.28. The molecule has 3 amide bonds. The average molecular weight is 457 g/mol. The molecule has 8 heteroatoms. The van der Waals surface area contributed by atoms with E-state index in [4.69, 9.17) is 23.2 Å². The Kier molecular flexibility index (Phi) is 7.60. The van der Waals surface area contributed by atoms with E-state index < -0.39 is 11.9 Å². The Morgan fingerprint density at radius 1 is 1.03 bits per heavy atom. The number of hydrogen-bond acceptors (Lipinski definition) is 4. The number of imide groups is 1. The molecule has 0 aliphatic carbocycles. The number of carbonyl (C=O) groups excluding carboxylic acids is 2. The van der Waals surface area contributed by atoms with Gasteiger partial charge in [-0.25, -0.2) is 9.78 Å². The molecule has 3 aromatic rings. The van der Waals surface area contributed by atoms with Crippen molar-refractivity contribution in [3.8, 4) is 11.3 Å². The van der Waals surface area contributed by atoms with E-state index in [0.717, 1.165) is 30.5 Å². The summed E-state index contributed by atoms with van der Waals surface area (Å²) in [5, 5.41) is 4.99. The van der Waals surface area contributed by atoms with Gasteiger partial charge < -0.3 is 0 Å². The molecular weight excluding hydrogens is 435 g/mol. The first kappa shape index (κ1) is 22.7. The highest BCUT2D eigenvalue weighted by molar-refractivity contribution is 6.40. The standard InChI is InChI=1S/C23H22Cl2N4O2/c1-3-4-6-15-9-11-16(12-10-15)21-14(2)27-19(13-26-21)28-23(31)29-22(30)20-17(24)7-5-8-18(20)25/h5,7-13H,3-4,6H2,1-2H3,(H2,27,28,29,30,31). The lowest BCUT2D eigenvalue weighted by atomic mass is 10.0. The lowest BCUT2D eigenvalue weighted by Gasteiger charge is -2.10. The number of rotatable bonds is 6. The van der Waals surface area contributed by atoms with Crippen LogP contribution in [0.25, 0.3) is 11.3 Å². The van der Waals surface area contributed by atoms with E-state index in [2.05, 4.69) is 39.7 Å². The van der Waals surface area contributed by atoms with E-state index in [-0.39, 0.29) is 21.4 Å². The van der Waals surface area contributed by atoms with Gasteiger partial charge in [-0.05, 0) is 37.5 Å². The Morgan fingerprint density at radius 3 is 2.32 bits per heavy atom. The van der Waals surface area contributed by atoms with Gasteiger partial charge in [-0.3, -0.25) is 20.4 Å². The molecule has 0 aliphatic rings. The van der Waals surface area contributed by atoms with Gasteiger partial charge in [0.05, 0.1) is 33.2 Å².